The summed E-state index contributed by atoms with van der Waals surface area (Å²) in [4.78, 5) is 7.15. The summed E-state index contributed by atoms with van der Waals surface area (Å²) < 4.78 is 0. The first-order chi connectivity index (χ1) is 8.49. The minimum absolute atomic E-state index is 0.600. The molecule has 1 saturated heterocycles. The highest BCUT2D eigenvalue weighted by atomic mass is 35.5. The Morgan fingerprint density at radius 1 is 1.06 bits per heavy atom. The van der Waals surface area contributed by atoms with E-state index in [1.165, 1.54) is 0 Å². The predicted octanol–water partition coefficient (Wildman–Crippen LogP) is 2.72. The molecule has 1 aliphatic heterocycles. The van der Waals surface area contributed by atoms with Gasteiger partial charge in [-0.2, -0.15) is 0 Å². The van der Waals surface area contributed by atoms with Crippen LogP contribution >= 0.6 is 35.4 Å². The highest BCUT2D eigenvalue weighted by Crippen LogP contribution is 2.26. The summed E-state index contributed by atoms with van der Waals surface area (Å²) in [5.74, 6) is 0. The minimum Gasteiger partial charge on any atom is -0.336 e. The first kappa shape index (κ1) is 14.0. The first-order valence-electron chi connectivity index (χ1n) is 5.59. The summed E-state index contributed by atoms with van der Waals surface area (Å²) in [5.41, 5.74) is 0.750. The van der Waals surface area contributed by atoms with Crippen molar-refractivity contribution in [2.24, 2.45) is 0 Å². The molecule has 3 nitrogen and oxygen atoms in total. The van der Waals surface area contributed by atoms with Gasteiger partial charge >= 0.3 is 0 Å². The fourth-order valence-electron chi connectivity index (χ4n) is 2.12. The van der Waals surface area contributed by atoms with Crippen molar-refractivity contribution in [3.8, 4) is 0 Å². The average molecular weight is 304 g/mol. The van der Waals surface area contributed by atoms with Crippen LogP contribution in [0.3, 0.4) is 0 Å². The van der Waals surface area contributed by atoms with Gasteiger partial charge in [0.05, 0.1) is 30.1 Å². The van der Waals surface area contributed by atoms with E-state index in [0.29, 0.717) is 15.0 Å². The van der Waals surface area contributed by atoms with Crippen molar-refractivity contribution >= 4 is 40.4 Å². The maximum atomic E-state index is 6.19. The molecule has 0 radical (unpaired) electrons. The van der Waals surface area contributed by atoms with Gasteiger partial charge in [-0.15, -0.1) is 0 Å². The van der Waals surface area contributed by atoms with E-state index in [2.05, 4.69) is 28.8 Å². The van der Waals surface area contributed by atoms with Gasteiger partial charge in [0.1, 0.15) is 4.99 Å². The monoisotopic (exact) mass is 303 g/mol. The number of thiocarbonyl (C=S) groups is 1. The van der Waals surface area contributed by atoms with Crippen LogP contribution in [0.2, 0.25) is 10.0 Å². The van der Waals surface area contributed by atoms with Crippen molar-refractivity contribution in [2.45, 2.75) is 0 Å². The molecule has 0 bridgehead atoms. The average Bonchev–Trinajstić information content (AvgIpc) is 2.27. The topological polar surface area (TPSA) is 9.72 Å². The fraction of sp³-hybridized carbons (Fsp3) is 0.417. The van der Waals surface area contributed by atoms with Crippen LogP contribution in [0.4, 0.5) is 0 Å². The number of hydrogen-bond donors (Lipinski definition) is 0. The van der Waals surface area contributed by atoms with E-state index < -0.39 is 0 Å². The molecular weight excluding hydrogens is 289 g/mol. The lowest BCUT2D eigenvalue weighted by atomic mass is 10.2. The second-order valence-electron chi connectivity index (χ2n) is 4.58. The molecule has 0 atom stereocenters. The standard InChI is InChI=1S/C12H15Cl2N3S/c1-15-6-16(2)8-17(7-15)12(18)11-9(13)4-3-5-10(11)14/h3-5H,6-8H2,1-2H3. The molecule has 1 fully saturated rings. The molecule has 98 valence electrons. The molecule has 1 heterocycles. The van der Waals surface area contributed by atoms with Crippen molar-refractivity contribution < 1.29 is 0 Å². The number of nitrogens with zero attached hydrogens (tertiary/aromatic N) is 3. The number of halogens is 2. The maximum absolute atomic E-state index is 6.19. The third-order valence-corrected chi connectivity index (χ3v) is 3.86. The Bertz CT molecular complexity index is 436. The van der Waals surface area contributed by atoms with Crippen molar-refractivity contribution in [3.63, 3.8) is 0 Å². The molecule has 0 aliphatic carbocycles. The highest BCUT2D eigenvalue weighted by molar-refractivity contribution is 7.80. The van der Waals surface area contributed by atoms with E-state index in [1.54, 1.807) is 0 Å². The third kappa shape index (κ3) is 2.95. The molecule has 0 aromatic heterocycles. The summed E-state index contributed by atoms with van der Waals surface area (Å²) in [6.45, 7) is 2.49. The van der Waals surface area contributed by atoms with Crippen molar-refractivity contribution in [1.29, 1.82) is 0 Å². The molecule has 0 unspecified atom stereocenters. The molecule has 6 heteroatoms. The van der Waals surface area contributed by atoms with Crippen LogP contribution in [0.25, 0.3) is 0 Å². The summed E-state index contributed by atoms with van der Waals surface area (Å²) >= 11 is 17.9. The molecule has 2 rings (SSSR count). The number of hydrogen-bond acceptors (Lipinski definition) is 3. The molecule has 1 aliphatic rings. The first-order valence-corrected chi connectivity index (χ1v) is 6.76. The molecule has 1 aromatic rings. The minimum atomic E-state index is 0.600. The number of benzene rings is 1. The van der Waals surface area contributed by atoms with Crippen LogP contribution in [0.1, 0.15) is 5.56 Å². The Morgan fingerprint density at radius 3 is 2.06 bits per heavy atom. The molecule has 0 saturated carbocycles. The molecule has 0 N–H and O–H groups in total. The van der Waals surface area contributed by atoms with Gasteiger partial charge in [0.2, 0.25) is 0 Å². The Kier molecular flexibility index (Phi) is 4.45. The van der Waals surface area contributed by atoms with Gasteiger partial charge < -0.3 is 4.90 Å². The Morgan fingerprint density at radius 2 is 1.56 bits per heavy atom. The van der Waals surface area contributed by atoms with Crippen molar-refractivity contribution in [2.75, 3.05) is 34.1 Å². The van der Waals surface area contributed by atoms with Gasteiger partial charge in [0.15, 0.2) is 0 Å². The lowest BCUT2D eigenvalue weighted by Crippen LogP contribution is -2.53. The summed E-state index contributed by atoms with van der Waals surface area (Å²) in [7, 11) is 4.11. The van der Waals surface area contributed by atoms with Gasteiger partial charge in [-0.1, -0.05) is 41.5 Å². The Hall–Kier alpha value is -0.390. The van der Waals surface area contributed by atoms with E-state index in [4.69, 9.17) is 35.4 Å². The van der Waals surface area contributed by atoms with E-state index in [-0.39, 0.29) is 0 Å². The fourth-order valence-corrected chi connectivity index (χ4v) is 3.14. The van der Waals surface area contributed by atoms with Gasteiger partial charge in [0, 0.05) is 5.56 Å². The van der Waals surface area contributed by atoms with E-state index in [0.717, 1.165) is 25.6 Å². The predicted molar refractivity (Wildman–Crippen MR) is 80.1 cm³/mol. The normalized spacial score (nSPS) is 18.1. The van der Waals surface area contributed by atoms with E-state index in [9.17, 15) is 0 Å². The van der Waals surface area contributed by atoms with Crippen molar-refractivity contribution in [3.05, 3.63) is 33.8 Å². The lowest BCUT2D eigenvalue weighted by Gasteiger charge is -2.40. The second-order valence-corrected chi connectivity index (χ2v) is 5.78. The zero-order chi connectivity index (χ0) is 13.3. The third-order valence-electron chi connectivity index (χ3n) is 2.77. The van der Waals surface area contributed by atoms with Crippen LogP contribution in [-0.4, -0.2) is 53.8 Å². The Balaban J connectivity index is 2.26. The maximum Gasteiger partial charge on any atom is 0.114 e. The van der Waals surface area contributed by atoms with Crippen LogP contribution < -0.4 is 0 Å². The smallest absolute Gasteiger partial charge is 0.114 e. The van der Waals surface area contributed by atoms with Crippen molar-refractivity contribution in [1.82, 2.24) is 14.7 Å². The van der Waals surface area contributed by atoms with Crippen LogP contribution in [0.5, 0.6) is 0 Å². The van der Waals surface area contributed by atoms with Crippen LogP contribution in [0.15, 0.2) is 18.2 Å². The van der Waals surface area contributed by atoms with Crippen LogP contribution in [-0.2, 0) is 0 Å². The van der Waals surface area contributed by atoms with Gasteiger partial charge in [0.25, 0.3) is 0 Å². The van der Waals surface area contributed by atoms with Crippen LogP contribution in [0, 0.1) is 0 Å². The lowest BCUT2D eigenvalue weighted by molar-refractivity contribution is 0.0422. The molecule has 18 heavy (non-hydrogen) atoms. The molecule has 1 aromatic carbocycles. The summed E-state index contributed by atoms with van der Waals surface area (Å²) in [6, 6.07) is 5.45. The SMILES string of the molecule is CN1CN(C)CN(C(=S)c2c(Cl)cccc2Cl)C1. The molecule has 0 spiro atoms. The van der Waals surface area contributed by atoms with E-state index >= 15 is 0 Å². The zero-order valence-corrected chi connectivity index (χ0v) is 12.7. The van der Waals surface area contributed by atoms with E-state index in [1.807, 2.05) is 18.2 Å². The largest absolute Gasteiger partial charge is 0.336 e. The molecule has 0 amide bonds. The highest BCUT2D eigenvalue weighted by Gasteiger charge is 2.23. The zero-order valence-electron chi connectivity index (χ0n) is 10.4. The summed E-state index contributed by atoms with van der Waals surface area (Å²) in [5, 5.41) is 1.20. The Labute approximate surface area is 123 Å². The summed E-state index contributed by atoms with van der Waals surface area (Å²) in [6.07, 6.45) is 0. The van der Waals surface area contributed by atoms with Gasteiger partial charge in [-0.05, 0) is 26.2 Å². The number of rotatable bonds is 1. The van der Waals surface area contributed by atoms with Gasteiger partial charge in [-0.3, -0.25) is 9.80 Å². The molecular formula is C12H15Cl2N3S. The second kappa shape index (κ2) is 5.72. The quantitative estimate of drug-likeness (QED) is 0.738. The van der Waals surface area contributed by atoms with Gasteiger partial charge in [-0.25, -0.2) is 0 Å².